The van der Waals surface area contributed by atoms with Gasteiger partial charge < -0.3 is 4.74 Å². The molecule has 0 saturated carbocycles. The van der Waals surface area contributed by atoms with Crippen molar-refractivity contribution >= 4 is 0 Å². The monoisotopic (exact) mass is 227 g/mol. The summed E-state index contributed by atoms with van der Waals surface area (Å²) in [5, 5.41) is 0. The minimum atomic E-state index is 0.0361. The van der Waals surface area contributed by atoms with Gasteiger partial charge in [0, 0.05) is 19.6 Å². The Morgan fingerprint density at radius 2 is 1.94 bits per heavy atom. The highest BCUT2D eigenvalue weighted by atomic mass is 16.5. The zero-order valence-corrected chi connectivity index (χ0v) is 12.0. The first-order chi connectivity index (χ1) is 7.24. The van der Waals surface area contributed by atoms with Crippen LogP contribution in [0.5, 0.6) is 0 Å². The van der Waals surface area contributed by atoms with Gasteiger partial charge in [-0.1, -0.05) is 34.1 Å². The van der Waals surface area contributed by atoms with E-state index in [4.69, 9.17) is 4.74 Å². The fourth-order valence-corrected chi connectivity index (χ4v) is 2.60. The molecule has 0 aromatic rings. The van der Waals surface area contributed by atoms with E-state index in [-0.39, 0.29) is 5.60 Å². The summed E-state index contributed by atoms with van der Waals surface area (Å²) in [5.41, 5.74) is 0.450. The second-order valence-corrected chi connectivity index (χ2v) is 6.81. The molecule has 1 saturated heterocycles. The molecule has 0 radical (unpaired) electrons. The minimum Gasteiger partial charge on any atom is -0.373 e. The molecule has 1 heterocycles. The van der Waals surface area contributed by atoms with Crippen LogP contribution in [-0.4, -0.2) is 36.7 Å². The van der Waals surface area contributed by atoms with Crippen molar-refractivity contribution in [3.63, 3.8) is 0 Å². The van der Waals surface area contributed by atoms with Crippen molar-refractivity contribution in [1.29, 1.82) is 0 Å². The second kappa shape index (κ2) is 5.05. The molecule has 1 atom stereocenters. The number of ether oxygens (including phenoxy) is 1. The topological polar surface area (TPSA) is 12.5 Å². The minimum absolute atomic E-state index is 0.0361. The standard InChI is InChI=1S/C14H29NO/c1-7-12(13(2,3)4)10-15-8-9-16-14(5,6)11-15/h12H,7-11H2,1-6H3. The summed E-state index contributed by atoms with van der Waals surface area (Å²) in [7, 11) is 0. The maximum atomic E-state index is 5.75. The fraction of sp³-hybridized carbons (Fsp3) is 1.00. The Kier molecular flexibility index (Phi) is 4.42. The molecule has 1 aliphatic heterocycles. The molecule has 0 bridgehead atoms. The van der Waals surface area contributed by atoms with Crippen molar-refractivity contribution in [3.8, 4) is 0 Å². The Morgan fingerprint density at radius 1 is 1.31 bits per heavy atom. The number of hydrogen-bond donors (Lipinski definition) is 0. The predicted octanol–water partition coefficient (Wildman–Crippen LogP) is 3.17. The Labute approximate surface area is 101 Å². The summed E-state index contributed by atoms with van der Waals surface area (Å²) in [6.45, 7) is 18.0. The van der Waals surface area contributed by atoms with E-state index >= 15 is 0 Å². The van der Waals surface area contributed by atoms with Crippen molar-refractivity contribution in [2.45, 2.75) is 53.6 Å². The second-order valence-electron chi connectivity index (χ2n) is 6.81. The van der Waals surface area contributed by atoms with Crippen LogP contribution in [-0.2, 0) is 4.74 Å². The summed E-state index contributed by atoms with van der Waals surface area (Å²) < 4.78 is 5.75. The van der Waals surface area contributed by atoms with Crippen LogP contribution in [0, 0.1) is 11.3 Å². The molecule has 0 amide bonds. The molecule has 1 aliphatic rings. The Morgan fingerprint density at radius 3 is 2.38 bits per heavy atom. The molecular formula is C14H29NO. The van der Waals surface area contributed by atoms with Crippen LogP contribution in [0.15, 0.2) is 0 Å². The average molecular weight is 227 g/mol. The van der Waals surface area contributed by atoms with Crippen LogP contribution >= 0.6 is 0 Å². The lowest BCUT2D eigenvalue weighted by Crippen LogP contribution is -2.50. The smallest absolute Gasteiger partial charge is 0.0753 e. The third-order valence-electron chi connectivity index (χ3n) is 3.70. The van der Waals surface area contributed by atoms with Crippen molar-refractivity contribution in [3.05, 3.63) is 0 Å². The van der Waals surface area contributed by atoms with Crippen LogP contribution < -0.4 is 0 Å². The lowest BCUT2D eigenvalue weighted by Gasteiger charge is -2.42. The molecule has 1 fully saturated rings. The van der Waals surface area contributed by atoms with Crippen LogP contribution in [0.25, 0.3) is 0 Å². The van der Waals surface area contributed by atoms with Crippen LogP contribution in [0.3, 0.4) is 0 Å². The zero-order valence-electron chi connectivity index (χ0n) is 12.0. The van der Waals surface area contributed by atoms with E-state index in [0.29, 0.717) is 5.41 Å². The number of nitrogens with zero attached hydrogens (tertiary/aromatic N) is 1. The van der Waals surface area contributed by atoms with E-state index in [0.717, 1.165) is 25.6 Å². The number of morpholine rings is 1. The Bertz CT molecular complexity index is 217. The fourth-order valence-electron chi connectivity index (χ4n) is 2.60. The van der Waals surface area contributed by atoms with Gasteiger partial charge in [-0.2, -0.15) is 0 Å². The normalized spacial score (nSPS) is 24.4. The van der Waals surface area contributed by atoms with Gasteiger partial charge in [0.25, 0.3) is 0 Å². The molecule has 0 aromatic carbocycles. The summed E-state index contributed by atoms with van der Waals surface area (Å²) in [4.78, 5) is 2.57. The maximum absolute atomic E-state index is 5.75. The van der Waals surface area contributed by atoms with Crippen LogP contribution in [0.4, 0.5) is 0 Å². The average Bonchev–Trinajstić information content (AvgIpc) is 2.10. The summed E-state index contributed by atoms with van der Waals surface area (Å²) in [6.07, 6.45) is 1.27. The highest BCUT2D eigenvalue weighted by molar-refractivity contribution is 4.83. The molecule has 0 aliphatic carbocycles. The molecule has 2 heteroatoms. The van der Waals surface area contributed by atoms with E-state index in [1.807, 2.05) is 0 Å². The van der Waals surface area contributed by atoms with Gasteiger partial charge in [-0.15, -0.1) is 0 Å². The van der Waals surface area contributed by atoms with Crippen molar-refractivity contribution < 1.29 is 4.74 Å². The van der Waals surface area contributed by atoms with E-state index < -0.39 is 0 Å². The quantitative estimate of drug-likeness (QED) is 0.734. The van der Waals surface area contributed by atoms with E-state index in [9.17, 15) is 0 Å². The van der Waals surface area contributed by atoms with Gasteiger partial charge in [-0.25, -0.2) is 0 Å². The molecule has 1 unspecified atom stereocenters. The molecule has 0 N–H and O–H groups in total. The van der Waals surface area contributed by atoms with Gasteiger partial charge in [0.05, 0.1) is 12.2 Å². The first-order valence-electron chi connectivity index (χ1n) is 6.61. The van der Waals surface area contributed by atoms with Gasteiger partial charge >= 0.3 is 0 Å². The number of hydrogen-bond acceptors (Lipinski definition) is 2. The first-order valence-corrected chi connectivity index (χ1v) is 6.61. The van der Waals surface area contributed by atoms with Gasteiger partial charge in [0.1, 0.15) is 0 Å². The highest BCUT2D eigenvalue weighted by Gasteiger charge is 2.31. The Hall–Kier alpha value is -0.0800. The summed E-state index contributed by atoms with van der Waals surface area (Å²) >= 11 is 0. The van der Waals surface area contributed by atoms with E-state index in [1.165, 1.54) is 13.0 Å². The Balaban J connectivity index is 2.52. The van der Waals surface area contributed by atoms with E-state index in [2.05, 4.69) is 46.4 Å². The molecule has 0 spiro atoms. The van der Waals surface area contributed by atoms with Crippen LogP contribution in [0.1, 0.15) is 48.0 Å². The third-order valence-corrected chi connectivity index (χ3v) is 3.70. The van der Waals surface area contributed by atoms with Crippen LogP contribution in [0.2, 0.25) is 0 Å². The maximum Gasteiger partial charge on any atom is 0.0753 e. The number of rotatable bonds is 3. The molecular weight excluding hydrogens is 198 g/mol. The molecule has 0 aromatic heterocycles. The van der Waals surface area contributed by atoms with Gasteiger partial charge in [-0.05, 0) is 25.2 Å². The zero-order chi connectivity index (χ0) is 12.4. The van der Waals surface area contributed by atoms with Gasteiger partial charge in [0.2, 0.25) is 0 Å². The predicted molar refractivity (Wildman–Crippen MR) is 69.7 cm³/mol. The lowest BCUT2D eigenvalue weighted by atomic mass is 9.78. The largest absolute Gasteiger partial charge is 0.373 e. The van der Waals surface area contributed by atoms with Gasteiger partial charge in [-0.3, -0.25) is 4.90 Å². The van der Waals surface area contributed by atoms with Crippen molar-refractivity contribution in [2.24, 2.45) is 11.3 Å². The van der Waals surface area contributed by atoms with Crippen molar-refractivity contribution in [2.75, 3.05) is 26.2 Å². The molecule has 16 heavy (non-hydrogen) atoms. The molecule has 96 valence electrons. The lowest BCUT2D eigenvalue weighted by molar-refractivity contribution is -0.0922. The molecule has 2 nitrogen and oxygen atoms in total. The summed E-state index contributed by atoms with van der Waals surface area (Å²) in [6, 6.07) is 0. The van der Waals surface area contributed by atoms with Gasteiger partial charge in [0.15, 0.2) is 0 Å². The summed E-state index contributed by atoms with van der Waals surface area (Å²) in [5.74, 6) is 0.779. The third kappa shape index (κ3) is 4.06. The van der Waals surface area contributed by atoms with Crippen molar-refractivity contribution in [1.82, 2.24) is 4.90 Å². The van der Waals surface area contributed by atoms with E-state index in [1.54, 1.807) is 0 Å². The first kappa shape index (κ1) is 14.0. The highest BCUT2D eigenvalue weighted by Crippen LogP contribution is 2.30. The molecule has 1 rings (SSSR count). The SMILES string of the molecule is CCC(CN1CCOC(C)(C)C1)C(C)(C)C.